The van der Waals surface area contributed by atoms with Crippen LogP contribution in [0.4, 0.5) is 21.8 Å². The third-order valence-electron chi connectivity index (χ3n) is 6.05. The first-order valence-electron chi connectivity index (χ1n) is 10.1. The van der Waals surface area contributed by atoms with Gasteiger partial charge in [0, 0.05) is 38.3 Å². The molecule has 0 spiro atoms. The maximum atomic E-state index is 13.8. The number of nitrogens with one attached hydrogen (secondary N) is 1. The van der Waals surface area contributed by atoms with Crippen LogP contribution in [0.1, 0.15) is 18.5 Å². The van der Waals surface area contributed by atoms with Crippen LogP contribution in [0.5, 0.6) is 0 Å². The van der Waals surface area contributed by atoms with E-state index in [1.54, 1.807) is 6.07 Å². The largest absolute Gasteiger partial charge is 0.611 e. The number of aryl methyl sites for hydroxylation is 1. The average molecular weight is 452 g/mol. The quantitative estimate of drug-likeness (QED) is 0.674. The zero-order valence-corrected chi connectivity index (χ0v) is 18.0. The highest BCUT2D eigenvalue weighted by Crippen LogP contribution is 2.41. The lowest BCUT2D eigenvalue weighted by Crippen LogP contribution is -2.47. The molecule has 2 N–H and O–H groups in total. The van der Waals surface area contributed by atoms with Gasteiger partial charge < -0.3 is 24.8 Å². The Balaban J connectivity index is 1.35. The van der Waals surface area contributed by atoms with Gasteiger partial charge in [-0.05, 0) is 42.2 Å². The van der Waals surface area contributed by atoms with Gasteiger partial charge in [0.2, 0.25) is 10.8 Å². The first kappa shape index (κ1) is 20.1. The van der Waals surface area contributed by atoms with E-state index in [1.165, 1.54) is 6.07 Å². The van der Waals surface area contributed by atoms with Gasteiger partial charge in [-0.25, -0.2) is 9.37 Å². The standard InChI is InChI=1S/C20H23ClFN5O2S/c21-14-2-1-13(11-15(14)22)26-6-8-27(9-7-26)19-23-16-3-10-30(29)17(16)18(24-19)25-20(12-28)4-5-20/h1-2,11,28H,3-10,12H2,(H,23,24,25). The molecule has 10 heteroatoms. The number of rotatable bonds is 5. The molecule has 1 unspecified atom stereocenters. The Morgan fingerprint density at radius 3 is 2.60 bits per heavy atom. The van der Waals surface area contributed by atoms with Crippen molar-refractivity contribution in [1.29, 1.82) is 0 Å². The molecule has 160 valence electrons. The van der Waals surface area contributed by atoms with Crippen LogP contribution in [0.25, 0.3) is 0 Å². The van der Waals surface area contributed by atoms with E-state index in [0.717, 1.165) is 24.2 Å². The molecular formula is C20H23ClFN5O2S. The number of fused-ring (bicyclic) bond motifs is 1. The van der Waals surface area contributed by atoms with E-state index >= 15 is 0 Å². The number of nitrogens with zero attached hydrogens (tertiary/aromatic N) is 4. The van der Waals surface area contributed by atoms with Gasteiger partial charge in [-0.2, -0.15) is 4.98 Å². The number of hydrogen-bond donors (Lipinski definition) is 2. The summed E-state index contributed by atoms with van der Waals surface area (Å²) in [6.45, 7) is 2.82. The third-order valence-corrected chi connectivity index (χ3v) is 7.81. The van der Waals surface area contributed by atoms with Gasteiger partial charge in [-0.15, -0.1) is 0 Å². The van der Waals surface area contributed by atoms with Crippen molar-refractivity contribution in [3.63, 3.8) is 0 Å². The number of halogens is 2. The molecule has 7 nitrogen and oxygen atoms in total. The molecule has 1 atom stereocenters. The van der Waals surface area contributed by atoms with Crippen molar-refractivity contribution in [3.8, 4) is 0 Å². The van der Waals surface area contributed by atoms with Gasteiger partial charge in [0.25, 0.3) is 0 Å². The van der Waals surface area contributed by atoms with E-state index < -0.39 is 17.0 Å². The zero-order chi connectivity index (χ0) is 20.9. The summed E-state index contributed by atoms with van der Waals surface area (Å²) in [7, 11) is 0. The minimum absolute atomic E-state index is 0.0318. The Morgan fingerprint density at radius 1 is 1.20 bits per heavy atom. The van der Waals surface area contributed by atoms with Gasteiger partial charge >= 0.3 is 0 Å². The number of piperazine rings is 1. The Bertz CT molecular complexity index is 968. The molecule has 3 heterocycles. The number of aromatic nitrogens is 2. The van der Waals surface area contributed by atoms with E-state index in [4.69, 9.17) is 21.6 Å². The molecule has 1 aromatic carbocycles. The summed E-state index contributed by atoms with van der Waals surface area (Å²) in [5.74, 6) is 1.36. The molecule has 2 aromatic rings. The second kappa shape index (κ2) is 7.71. The SMILES string of the molecule is [O-][S+]1CCc2nc(N3CCN(c4ccc(Cl)c(F)c4)CC3)nc(NC3(CO)CC3)c21. The van der Waals surface area contributed by atoms with Gasteiger partial charge in [0.05, 0.1) is 17.2 Å². The summed E-state index contributed by atoms with van der Waals surface area (Å²) in [6, 6.07) is 4.87. The van der Waals surface area contributed by atoms with Crippen LogP contribution in [0.3, 0.4) is 0 Å². The van der Waals surface area contributed by atoms with Crippen molar-refractivity contribution in [2.45, 2.75) is 29.7 Å². The van der Waals surface area contributed by atoms with E-state index in [2.05, 4.69) is 15.1 Å². The molecule has 0 bridgehead atoms. The maximum absolute atomic E-state index is 13.8. The zero-order valence-electron chi connectivity index (χ0n) is 16.4. The average Bonchev–Trinajstić information content (AvgIpc) is 3.43. The van der Waals surface area contributed by atoms with Crippen molar-refractivity contribution in [1.82, 2.24) is 9.97 Å². The number of aliphatic hydroxyl groups excluding tert-OH is 1. The van der Waals surface area contributed by atoms with E-state index in [1.807, 2.05) is 6.07 Å². The molecule has 2 aliphatic heterocycles. The van der Waals surface area contributed by atoms with Crippen molar-refractivity contribution in [2.24, 2.45) is 0 Å². The first-order valence-corrected chi connectivity index (χ1v) is 11.8. The van der Waals surface area contributed by atoms with Gasteiger partial charge in [-0.3, -0.25) is 0 Å². The fraction of sp³-hybridized carbons (Fsp3) is 0.500. The highest BCUT2D eigenvalue weighted by Gasteiger charge is 2.45. The molecule has 0 amide bonds. The molecule has 30 heavy (non-hydrogen) atoms. The molecule has 3 aliphatic rings. The predicted octanol–water partition coefficient (Wildman–Crippen LogP) is 2.20. The molecule has 2 fully saturated rings. The second-order valence-electron chi connectivity index (χ2n) is 8.08. The van der Waals surface area contributed by atoms with Crippen molar-refractivity contribution in [3.05, 3.63) is 34.7 Å². The highest BCUT2D eigenvalue weighted by atomic mass is 35.5. The number of benzene rings is 1. The van der Waals surface area contributed by atoms with Crippen LogP contribution in [-0.2, 0) is 17.6 Å². The van der Waals surface area contributed by atoms with Crippen LogP contribution in [0, 0.1) is 5.82 Å². The fourth-order valence-electron chi connectivity index (χ4n) is 3.98. The predicted molar refractivity (Wildman–Crippen MR) is 116 cm³/mol. The van der Waals surface area contributed by atoms with E-state index in [0.29, 0.717) is 55.0 Å². The monoisotopic (exact) mass is 451 g/mol. The van der Waals surface area contributed by atoms with Crippen LogP contribution in [-0.4, -0.2) is 63.7 Å². The molecule has 1 aliphatic carbocycles. The van der Waals surface area contributed by atoms with Crippen molar-refractivity contribution >= 4 is 40.2 Å². The molecule has 0 radical (unpaired) electrons. The maximum Gasteiger partial charge on any atom is 0.228 e. The summed E-state index contributed by atoms with van der Waals surface area (Å²) in [5.41, 5.74) is 1.29. The van der Waals surface area contributed by atoms with Crippen molar-refractivity contribution < 1.29 is 14.0 Å². The highest BCUT2D eigenvalue weighted by molar-refractivity contribution is 7.91. The minimum Gasteiger partial charge on any atom is -0.611 e. The smallest absolute Gasteiger partial charge is 0.228 e. The number of anilines is 3. The topological polar surface area (TPSA) is 87.6 Å². The third kappa shape index (κ3) is 3.68. The number of hydrogen-bond acceptors (Lipinski definition) is 7. The normalized spacial score (nSPS) is 22.2. The van der Waals surface area contributed by atoms with Crippen LogP contribution in [0.15, 0.2) is 23.1 Å². The number of aliphatic hydroxyl groups is 1. The van der Waals surface area contributed by atoms with Crippen LogP contribution < -0.4 is 15.1 Å². The summed E-state index contributed by atoms with van der Waals surface area (Å²) < 4.78 is 26.3. The van der Waals surface area contributed by atoms with Crippen LogP contribution in [0.2, 0.25) is 5.02 Å². The summed E-state index contributed by atoms with van der Waals surface area (Å²) in [4.78, 5) is 14.3. The first-order chi connectivity index (χ1) is 14.5. The van der Waals surface area contributed by atoms with Gasteiger partial charge in [-0.1, -0.05) is 11.6 Å². The van der Waals surface area contributed by atoms with E-state index in [-0.39, 0.29) is 17.2 Å². The molecule has 1 saturated carbocycles. The van der Waals surface area contributed by atoms with Gasteiger partial charge in [0.15, 0.2) is 5.82 Å². The summed E-state index contributed by atoms with van der Waals surface area (Å²) >= 11 is 4.68. The Kier molecular flexibility index (Phi) is 5.17. The molecule has 1 saturated heterocycles. The summed E-state index contributed by atoms with van der Waals surface area (Å²) in [6.07, 6.45) is 2.42. The van der Waals surface area contributed by atoms with E-state index in [9.17, 15) is 14.0 Å². The van der Waals surface area contributed by atoms with Crippen molar-refractivity contribution in [2.75, 3.05) is 53.7 Å². The lowest BCUT2D eigenvalue weighted by molar-refractivity contribution is 0.265. The van der Waals surface area contributed by atoms with Crippen LogP contribution >= 0.6 is 11.6 Å². The Labute approximate surface area is 182 Å². The molecule has 5 rings (SSSR count). The summed E-state index contributed by atoms with van der Waals surface area (Å²) in [5, 5.41) is 13.2. The lowest BCUT2D eigenvalue weighted by Gasteiger charge is -2.36. The lowest BCUT2D eigenvalue weighted by atomic mass is 10.2. The van der Waals surface area contributed by atoms with Gasteiger partial charge in [0.1, 0.15) is 17.3 Å². The minimum atomic E-state index is -1.11. The molecule has 1 aromatic heterocycles. The Hall–Kier alpha value is -1.81. The fourth-order valence-corrected chi connectivity index (χ4v) is 5.40. The Morgan fingerprint density at radius 2 is 1.93 bits per heavy atom. The molecular weight excluding hydrogens is 429 g/mol. The second-order valence-corrected chi connectivity index (χ2v) is 10.00.